The third-order valence-electron chi connectivity index (χ3n) is 4.40. The molecule has 0 aromatic carbocycles. The van der Waals surface area contributed by atoms with Crippen LogP contribution in [-0.4, -0.2) is 66.2 Å². The second-order valence-electron chi connectivity index (χ2n) is 7.99. The van der Waals surface area contributed by atoms with E-state index in [1.807, 2.05) is 0 Å². The molecule has 2 unspecified atom stereocenters. The summed E-state index contributed by atoms with van der Waals surface area (Å²) in [5.74, 6) is -0.989. The molecular weight excluding hydrogens is 441 g/mol. The van der Waals surface area contributed by atoms with E-state index in [4.69, 9.17) is 9.05 Å². The van der Waals surface area contributed by atoms with Crippen LogP contribution < -0.4 is 16.0 Å². The molecule has 0 aliphatic carbocycles. The zero-order chi connectivity index (χ0) is 24.6. The summed E-state index contributed by atoms with van der Waals surface area (Å²) in [5.41, 5.74) is 0. The Labute approximate surface area is 190 Å². The van der Waals surface area contributed by atoms with Crippen molar-refractivity contribution in [2.45, 2.75) is 78.4 Å². The van der Waals surface area contributed by atoms with Gasteiger partial charge in [-0.1, -0.05) is 6.42 Å². The maximum atomic E-state index is 12.4. The van der Waals surface area contributed by atoms with E-state index in [0.29, 0.717) is 51.6 Å². The number of phosphoric ester groups is 1. The largest absolute Gasteiger partial charge is 0.472 e. The van der Waals surface area contributed by atoms with Gasteiger partial charge < -0.3 is 26.0 Å². The summed E-state index contributed by atoms with van der Waals surface area (Å²) < 4.78 is 21.4. The Balaban J connectivity index is 4.22. The highest BCUT2D eigenvalue weighted by atomic mass is 31.2. The van der Waals surface area contributed by atoms with Crippen molar-refractivity contribution in [3.05, 3.63) is 0 Å². The van der Waals surface area contributed by atoms with Crippen molar-refractivity contribution in [2.24, 2.45) is 5.92 Å². The van der Waals surface area contributed by atoms with Gasteiger partial charge in [-0.2, -0.15) is 0 Å². The molecule has 0 rings (SSSR count). The van der Waals surface area contributed by atoms with Gasteiger partial charge in [0.2, 0.25) is 17.7 Å². The van der Waals surface area contributed by atoms with E-state index >= 15 is 0 Å². The van der Waals surface area contributed by atoms with E-state index in [2.05, 4.69) is 16.0 Å². The minimum atomic E-state index is -4.14. The van der Waals surface area contributed by atoms with E-state index in [0.717, 1.165) is 0 Å². The highest BCUT2D eigenvalue weighted by Gasteiger charge is 2.24. The summed E-state index contributed by atoms with van der Waals surface area (Å²) in [4.78, 5) is 44.2. The Morgan fingerprint density at radius 1 is 0.938 bits per heavy atom. The van der Waals surface area contributed by atoms with E-state index < -0.39 is 20.0 Å². The molecule has 0 saturated carbocycles. The zero-order valence-electron chi connectivity index (χ0n) is 19.6. The number of aliphatic hydroxyl groups is 1. The van der Waals surface area contributed by atoms with Crippen molar-refractivity contribution in [1.82, 2.24) is 16.0 Å². The lowest BCUT2D eigenvalue weighted by Gasteiger charge is -2.19. The molecule has 3 amide bonds. The first-order valence-corrected chi connectivity index (χ1v) is 12.5. The number of aliphatic hydroxyl groups excluding tert-OH is 1. The van der Waals surface area contributed by atoms with E-state index in [9.17, 15) is 28.9 Å². The minimum absolute atomic E-state index is 0.105. The van der Waals surface area contributed by atoms with Crippen molar-refractivity contribution in [1.29, 1.82) is 0 Å². The molecule has 0 radical (unpaired) electrons. The van der Waals surface area contributed by atoms with Crippen molar-refractivity contribution in [3.8, 4) is 0 Å². The Morgan fingerprint density at radius 3 is 2.06 bits per heavy atom. The predicted molar refractivity (Wildman–Crippen MR) is 120 cm³/mol. The second-order valence-corrected chi connectivity index (χ2v) is 9.39. The van der Waals surface area contributed by atoms with Crippen LogP contribution in [0, 0.1) is 5.92 Å². The average molecular weight is 482 g/mol. The molecule has 0 spiro atoms. The van der Waals surface area contributed by atoms with Crippen LogP contribution >= 0.6 is 7.82 Å². The Hall–Kier alpha value is -1.52. The maximum absolute atomic E-state index is 12.4. The topological polar surface area (TPSA) is 163 Å². The molecule has 32 heavy (non-hydrogen) atoms. The number of hydrogen-bond donors (Lipinski definition) is 5. The number of hydrogen-bond acceptors (Lipinski definition) is 7. The number of nitrogens with one attached hydrogen (secondary N) is 3. The molecule has 11 nitrogen and oxygen atoms in total. The van der Waals surface area contributed by atoms with E-state index in [1.165, 1.54) is 13.8 Å². The van der Waals surface area contributed by atoms with Crippen LogP contribution in [0.1, 0.15) is 66.2 Å². The summed E-state index contributed by atoms with van der Waals surface area (Å²) in [6, 6.07) is -0.636. The van der Waals surface area contributed by atoms with Crippen LogP contribution in [0.5, 0.6) is 0 Å². The lowest BCUT2D eigenvalue weighted by atomic mass is 10.0. The molecule has 0 saturated heterocycles. The molecule has 0 fully saturated rings. The molecule has 0 aromatic rings. The fraction of sp³-hybridized carbons (Fsp3) is 0.850. The maximum Gasteiger partial charge on any atom is 0.472 e. The highest BCUT2D eigenvalue weighted by molar-refractivity contribution is 7.47. The molecule has 5 N–H and O–H groups in total. The fourth-order valence-electron chi connectivity index (χ4n) is 2.87. The Kier molecular flexibility index (Phi) is 16.2. The number of rotatable bonds is 18. The van der Waals surface area contributed by atoms with Gasteiger partial charge >= 0.3 is 7.82 Å². The van der Waals surface area contributed by atoms with Gasteiger partial charge in [-0.3, -0.25) is 23.4 Å². The summed E-state index contributed by atoms with van der Waals surface area (Å²) in [6.07, 6.45) is 3.23. The van der Waals surface area contributed by atoms with Gasteiger partial charge in [0.05, 0.1) is 12.7 Å². The molecule has 0 bridgehead atoms. The highest BCUT2D eigenvalue weighted by Crippen LogP contribution is 2.44. The molecule has 188 valence electrons. The van der Waals surface area contributed by atoms with E-state index in [1.54, 1.807) is 13.8 Å². The number of unbranched alkanes of at least 4 members (excludes halogenated alkanes) is 2. The summed E-state index contributed by atoms with van der Waals surface area (Å²) >= 11 is 0. The second kappa shape index (κ2) is 17.0. The van der Waals surface area contributed by atoms with Gasteiger partial charge in [-0.25, -0.2) is 4.57 Å². The van der Waals surface area contributed by atoms with Crippen molar-refractivity contribution >= 4 is 25.5 Å². The monoisotopic (exact) mass is 481 g/mol. The standard InChI is InChI=1S/C20H40N3O8P/c1-15(2)31-32(28,29)30-14-18(13-24)9-5-7-12-22-20(27)19(23-17(4)26)10-6-8-11-21-16(3)25/h15,18-19,24H,5-14H2,1-4H3,(H,21,25)(H,22,27)(H,23,26)(H,28,29)/t18?,19-/m0/s1. The average Bonchev–Trinajstić information content (AvgIpc) is 2.67. The van der Waals surface area contributed by atoms with Crippen LogP contribution in [0.15, 0.2) is 0 Å². The van der Waals surface area contributed by atoms with Crippen LogP contribution in [0.2, 0.25) is 0 Å². The van der Waals surface area contributed by atoms with Gasteiger partial charge in [0.1, 0.15) is 6.04 Å². The molecule has 0 aromatic heterocycles. The third-order valence-corrected chi connectivity index (χ3v) is 5.56. The molecule has 0 heterocycles. The smallest absolute Gasteiger partial charge is 0.396 e. The van der Waals surface area contributed by atoms with Crippen molar-refractivity contribution in [2.75, 3.05) is 26.3 Å². The van der Waals surface area contributed by atoms with Crippen LogP contribution in [-0.2, 0) is 28.0 Å². The van der Waals surface area contributed by atoms with Crippen LogP contribution in [0.25, 0.3) is 0 Å². The molecule has 0 aliphatic rings. The molecule has 12 heteroatoms. The number of carbonyl (C=O) groups is 3. The fourth-order valence-corrected chi connectivity index (χ4v) is 3.86. The first kappa shape index (κ1) is 30.5. The summed E-state index contributed by atoms with van der Waals surface area (Å²) in [7, 11) is -4.14. The Bertz CT molecular complexity index is 618. The lowest BCUT2D eigenvalue weighted by molar-refractivity contribution is -0.128. The van der Waals surface area contributed by atoms with Gasteiger partial charge in [0.15, 0.2) is 0 Å². The van der Waals surface area contributed by atoms with Gasteiger partial charge in [0.25, 0.3) is 0 Å². The first-order valence-electron chi connectivity index (χ1n) is 11.0. The van der Waals surface area contributed by atoms with Crippen molar-refractivity contribution < 1.29 is 38.0 Å². The number of phosphoric acid groups is 1. The van der Waals surface area contributed by atoms with Crippen LogP contribution in [0.3, 0.4) is 0 Å². The van der Waals surface area contributed by atoms with Crippen LogP contribution in [0.4, 0.5) is 0 Å². The molecular formula is C20H40N3O8P. The zero-order valence-corrected chi connectivity index (χ0v) is 20.5. The quantitative estimate of drug-likeness (QED) is 0.144. The number of amides is 3. The lowest BCUT2D eigenvalue weighted by Crippen LogP contribution is -2.46. The first-order chi connectivity index (χ1) is 15.0. The number of carbonyl (C=O) groups excluding carboxylic acids is 3. The SMILES string of the molecule is CC(=O)NCCCC[C@H](NC(C)=O)C(=O)NCCCCC(CO)COP(=O)(O)OC(C)C. The summed E-state index contributed by atoms with van der Waals surface area (Å²) in [6.45, 7) is 6.65. The normalized spacial score (nSPS) is 15.0. The third kappa shape index (κ3) is 17.1. The van der Waals surface area contributed by atoms with Crippen molar-refractivity contribution in [3.63, 3.8) is 0 Å². The van der Waals surface area contributed by atoms with Gasteiger partial charge in [0, 0.05) is 39.5 Å². The minimum Gasteiger partial charge on any atom is -0.396 e. The molecule has 0 aliphatic heterocycles. The van der Waals surface area contributed by atoms with Gasteiger partial charge in [-0.15, -0.1) is 0 Å². The predicted octanol–water partition coefficient (Wildman–Crippen LogP) is 1.23. The Morgan fingerprint density at radius 2 is 1.53 bits per heavy atom. The van der Waals surface area contributed by atoms with Gasteiger partial charge in [-0.05, 0) is 46.0 Å². The summed E-state index contributed by atoms with van der Waals surface area (Å²) in [5, 5.41) is 17.6. The molecule has 3 atom stereocenters. The van der Waals surface area contributed by atoms with E-state index in [-0.39, 0.29) is 36.9 Å².